The van der Waals surface area contributed by atoms with Gasteiger partial charge in [0.25, 0.3) is 5.89 Å². The Hall–Kier alpha value is -2.89. The maximum Gasteiger partial charge on any atom is 0.393 e. The van der Waals surface area contributed by atoms with Gasteiger partial charge in [-0.1, -0.05) is 36.4 Å². The number of hydrogen-bond donors (Lipinski definition) is 1. The van der Waals surface area contributed by atoms with E-state index in [0.29, 0.717) is 5.75 Å². The van der Waals surface area contributed by atoms with Crippen LogP contribution < -0.4 is 4.74 Å². The van der Waals surface area contributed by atoms with E-state index < -0.39 is 11.9 Å². The number of carboxylic acid groups (broad SMARTS) is 1. The number of carboxylic acids is 1. The normalized spacial score (nSPS) is 10.6. The van der Waals surface area contributed by atoms with Gasteiger partial charge in [-0.3, -0.25) is 0 Å². The number of ether oxygens (including phenoxy) is 1. The Labute approximate surface area is 113 Å². The minimum Gasteiger partial charge on any atom is -0.483 e. The van der Waals surface area contributed by atoms with Gasteiger partial charge in [0.1, 0.15) is 5.75 Å². The molecule has 3 aromatic rings. The molecule has 100 valence electrons. The fourth-order valence-corrected chi connectivity index (χ4v) is 1.86. The summed E-state index contributed by atoms with van der Waals surface area (Å²) in [4.78, 5) is 10.6. The van der Waals surface area contributed by atoms with Crippen LogP contribution in [0.4, 0.5) is 0 Å². The van der Waals surface area contributed by atoms with Gasteiger partial charge in [-0.2, -0.15) is 0 Å². The molecule has 0 radical (unpaired) electrons. The van der Waals surface area contributed by atoms with Gasteiger partial charge in [-0.15, -0.1) is 10.2 Å². The molecule has 0 fully saturated rings. The van der Waals surface area contributed by atoms with E-state index in [9.17, 15) is 4.79 Å². The van der Waals surface area contributed by atoms with E-state index in [1.165, 1.54) is 0 Å². The van der Waals surface area contributed by atoms with Crippen molar-refractivity contribution in [3.8, 4) is 5.75 Å². The SMILES string of the molecule is O=C(O)c1nnc(COc2cccc3ccccc23)o1. The van der Waals surface area contributed by atoms with Gasteiger partial charge in [-0.25, -0.2) is 4.79 Å². The summed E-state index contributed by atoms with van der Waals surface area (Å²) in [6, 6.07) is 13.5. The van der Waals surface area contributed by atoms with Crippen LogP contribution in [0.25, 0.3) is 10.8 Å². The number of carbonyl (C=O) groups is 1. The molecule has 3 rings (SSSR count). The summed E-state index contributed by atoms with van der Waals surface area (Å²) >= 11 is 0. The Morgan fingerprint density at radius 2 is 1.95 bits per heavy atom. The zero-order chi connectivity index (χ0) is 13.9. The van der Waals surface area contributed by atoms with Crippen molar-refractivity contribution in [3.05, 3.63) is 54.2 Å². The summed E-state index contributed by atoms with van der Waals surface area (Å²) in [7, 11) is 0. The molecule has 0 aliphatic rings. The molecule has 6 nitrogen and oxygen atoms in total. The van der Waals surface area contributed by atoms with E-state index in [1.807, 2.05) is 42.5 Å². The smallest absolute Gasteiger partial charge is 0.393 e. The lowest BCUT2D eigenvalue weighted by Gasteiger charge is -2.06. The molecule has 1 N–H and O–H groups in total. The van der Waals surface area contributed by atoms with Crippen LogP contribution in [-0.4, -0.2) is 21.3 Å². The Balaban J connectivity index is 1.81. The highest BCUT2D eigenvalue weighted by Gasteiger charge is 2.13. The third-order valence-electron chi connectivity index (χ3n) is 2.75. The van der Waals surface area contributed by atoms with Gasteiger partial charge in [-0.05, 0) is 11.5 Å². The molecule has 0 spiro atoms. The summed E-state index contributed by atoms with van der Waals surface area (Å²) < 4.78 is 10.5. The van der Waals surface area contributed by atoms with Crippen LogP contribution in [0, 0.1) is 0 Å². The predicted octanol–water partition coefficient (Wildman–Crippen LogP) is 2.50. The molecule has 1 heterocycles. The first-order valence-corrected chi connectivity index (χ1v) is 5.90. The zero-order valence-corrected chi connectivity index (χ0v) is 10.3. The van der Waals surface area contributed by atoms with Crippen molar-refractivity contribution in [3.63, 3.8) is 0 Å². The monoisotopic (exact) mass is 270 g/mol. The molecular weight excluding hydrogens is 260 g/mol. The second-order valence-electron chi connectivity index (χ2n) is 4.07. The maximum absolute atomic E-state index is 10.6. The Morgan fingerprint density at radius 3 is 2.75 bits per heavy atom. The summed E-state index contributed by atoms with van der Waals surface area (Å²) in [5.41, 5.74) is 0. The molecule has 0 amide bonds. The average Bonchev–Trinajstić information content (AvgIpc) is 2.94. The predicted molar refractivity (Wildman–Crippen MR) is 69.5 cm³/mol. The van der Waals surface area contributed by atoms with Crippen molar-refractivity contribution < 1.29 is 19.1 Å². The molecular formula is C14H10N2O4. The van der Waals surface area contributed by atoms with E-state index in [1.54, 1.807) is 0 Å². The van der Waals surface area contributed by atoms with Crippen LogP contribution in [0.1, 0.15) is 16.6 Å². The van der Waals surface area contributed by atoms with Crippen LogP contribution in [0.5, 0.6) is 5.75 Å². The van der Waals surface area contributed by atoms with Crippen LogP contribution in [-0.2, 0) is 6.61 Å². The van der Waals surface area contributed by atoms with Gasteiger partial charge < -0.3 is 14.3 Å². The molecule has 6 heteroatoms. The van der Waals surface area contributed by atoms with E-state index in [2.05, 4.69) is 10.2 Å². The quantitative estimate of drug-likeness (QED) is 0.783. The molecule has 2 aromatic carbocycles. The van der Waals surface area contributed by atoms with Crippen molar-refractivity contribution >= 4 is 16.7 Å². The second kappa shape index (κ2) is 5.00. The molecule has 0 atom stereocenters. The third kappa shape index (κ3) is 2.31. The average molecular weight is 270 g/mol. The van der Waals surface area contributed by atoms with Gasteiger partial charge in [0, 0.05) is 5.39 Å². The van der Waals surface area contributed by atoms with Gasteiger partial charge in [0.05, 0.1) is 0 Å². The van der Waals surface area contributed by atoms with Gasteiger partial charge in [0.2, 0.25) is 0 Å². The van der Waals surface area contributed by atoms with E-state index in [0.717, 1.165) is 10.8 Å². The topological polar surface area (TPSA) is 85.5 Å². The Morgan fingerprint density at radius 1 is 1.15 bits per heavy atom. The largest absolute Gasteiger partial charge is 0.483 e. The van der Waals surface area contributed by atoms with Gasteiger partial charge >= 0.3 is 11.9 Å². The maximum atomic E-state index is 10.6. The number of aromatic nitrogens is 2. The number of rotatable bonds is 4. The standard InChI is InChI=1S/C14H10N2O4/c17-14(18)13-16-15-12(20-13)8-19-11-7-3-5-9-4-1-2-6-10(9)11/h1-7H,8H2,(H,17,18). The fraction of sp³-hybridized carbons (Fsp3) is 0.0714. The molecule has 0 saturated carbocycles. The lowest BCUT2D eigenvalue weighted by Crippen LogP contribution is -1.96. The number of fused-ring (bicyclic) bond motifs is 1. The van der Waals surface area contributed by atoms with Crippen LogP contribution in [0.15, 0.2) is 46.9 Å². The first-order valence-electron chi connectivity index (χ1n) is 5.90. The molecule has 20 heavy (non-hydrogen) atoms. The Kier molecular flexibility index (Phi) is 3.04. The van der Waals surface area contributed by atoms with Crippen LogP contribution in [0.2, 0.25) is 0 Å². The van der Waals surface area contributed by atoms with E-state index in [-0.39, 0.29) is 12.5 Å². The number of hydrogen-bond acceptors (Lipinski definition) is 5. The highest BCUT2D eigenvalue weighted by molar-refractivity contribution is 5.88. The van der Waals surface area contributed by atoms with E-state index >= 15 is 0 Å². The molecule has 0 aliphatic carbocycles. The summed E-state index contributed by atoms with van der Waals surface area (Å²) in [5, 5.41) is 17.7. The lowest BCUT2D eigenvalue weighted by atomic mass is 10.1. The number of benzene rings is 2. The highest BCUT2D eigenvalue weighted by atomic mass is 16.5. The Bertz CT molecular complexity index is 761. The van der Waals surface area contributed by atoms with Crippen molar-refractivity contribution in [2.75, 3.05) is 0 Å². The molecule has 0 unspecified atom stereocenters. The van der Waals surface area contributed by atoms with E-state index in [4.69, 9.17) is 14.3 Å². The molecule has 0 aliphatic heterocycles. The van der Waals surface area contributed by atoms with Crippen molar-refractivity contribution in [1.29, 1.82) is 0 Å². The first kappa shape index (κ1) is 12.2. The second-order valence-corrected chi connectivity index (χ2v) is 4.07. The highest BCUT2D eigenvalue weighted by Crippen LogP contribution is 2.25. The minimum atomic E-state index is -1.26. The molecule has 1 aromatic heterocycles. The third-order valence-corrected chi connectivity index (χ3v) is 2.75. The first-order chi connectivity index (χ1) is 9.74. The van der Waals surface area contributed by atoms with Crippen molar-refractivity contribution in [2.24, 2.45) is 0 Å². The van der Waals surface area contributed by atoms with Crippen molar-refractivity contribution in [2.45, 2.75) is 6.61 Å². The molecule has 0 saturated heterocycles. The summed E-state index contributed by atoms with van der Waals surface area (Å²) in [6.07, 6.45) is 0. The summed E-state index contributed by atoms with van der Waals surface area (Å²) in [6.45, 7) is 0.0221. The van der Waals surface area contributed by atoms with Crippen LogP contribution in [0.3, 0.4) is 0 Å². The lowest BCUT2D eigenvalue weighted by molar-refractivity contribution is 0.0649. The van der Waals surface area contributed by atoms with Crippen LogP contribution >= 0.6 is 0 Å². The number of nitrogens with zero attached hydrogens (tertiary/aromatic N) is 2. The zero-order valence-electron chi connectivity index (χ0n) is 10.3. The van der Waals surface area contributed by atoms with Crippen molar-refractivity contribution in [1.82, 2.24) is 10.2 Å². The number of aromatic carboxylic acids is 1. The fourth-order valence-electron chi connectivity index (χ4n) is 1.86. The summed E-state index contributed by atoms with van der Waals surface area (Å²) in [5.74, 6) is -0.899. The minimum absolute atomic E-state index is 0.0221. The van der Waals surface area contributed by atoms with Gasteiger partial charge in [0.15, 0.2) is 6.61 Å². The molecule has 0 bridgehead atoms.